The molecule has 0 atom stereocenters. The zero-order valence-corrected chi connectivity index (χ0v) is 17.2. The van der Waals surface area contributed by atoms with Crippen molar-refractivity contribution in [3.05, 3.63) is 42.0 Å². The number of hydrogen-bond donors (Lipinski definition) is 0. The van der Waals surface area contributed by atoms with Gasteiger partial charge in [0.15, 0.2) is 17.4 Å². The predicted molar refractivity (Wildman–Crippen MR) is 107 cm³/mol. The highest BCUT2D eigenvalue weighted by Gasteiger charge is 2.15. The number of pyridine rings is 1. The first-order chi connectivity index (χ1) is 13.4. The number of aromatic nitrogens is 1. The van der Waals surface area contributed by atoms with E-state index in [9.17, 15) is 13.6 Å². The van der Waals surface area contributed by atoms with Crippen LogP contribution in [0.15, 0.2) is 35.4 Å². The van der Waals surface area contributed by atoms with Gasteiger partial charge in [0.1, 0.15) is 0 Å². The molecule has 0 N–H and O–H groups in total. The Morgan fingerprint density at radius 2 is 1.89 bits per heavy atom. The highest BCUT2D eigenvalue weighted by Crippen LogP contribution is 2.30. The SMILES string of the molecule is CCOC(=O)CCCCOc1c(F)cc(-c2cccc(SC(C)C)n2)cc1F. The van der Waals surface area contributed by atoms with Crippen LogP contribution in [0.4, 0.5) is 8.78 Å². The lowest BCUT2D eigenvalue weighted by Gasteiger charge is -2.11. The van der Waals surface area contributed by atoms with Crippen LogP contribution in [0.5, 0.6) is 5.75 Å². The highest BCUT2D eigenvalue weighted by molar-refractivity contribution is 7.99. The lowest BCUT2D eigenvalue weighted by molar-refractivity contribution is -0.143. The van der Waals surface area contributed by atoms with Crippen molar-refractivity contribution in [3.63, 3.8) is 0 Å². The number of unbranched alkanes of at least 4 members (excludes halogenated alkanes) is 1. The van der Waals surface area contributed by atoms with Crippen LogP contribution in [0.2, 0.25) is 0 Å². The van der Waals surface area contributed by atoms with Crippen LogP contribution in [0.3, 0.4) is 0 Å². The second-order valence-corrected chi connectivity index (χ2v) is 8.00. The molecule has 2 rings (SSSR count). The molecule has 0 saturated heterocycles. The molecule has 0 radical (unpaired) electrons. The van der Waals surface area contributed by atoms with Gasteiger partial charge in [-0.15, -0.1) is 11.8 Å². The van der Waals surface area contributed by atoms with Crippen LogP contribution in [0.25, 0.3) is 11.3 Å². The number of nitrogens with zero attached hydrogens (tertiary/aromatic N) is 1. The summed E-state index contributed by atoms with van der Waals surface area (Å²) < 4.78 is 38.8. The zero-order valence-electron chi connectivity index (χ0n) is 16.3. The van der Waals surface area contributed by atoms with Crippen LogP contribution in [-0.4, -0.2) is 29.4 Å². The number of hydrogen-bond acceptors (Lipinski definition) is 5. The third-order valence-corrected chi connectivity index (χ3v) is 4.64. The van der Waals surface area contributed by atoms with Gasteiger partial charge >= 0.3 is 5.97 Å². The predicted octanol–water partition coefficient (Wildman–Crippen LogP) is 5.64. The van der Waals surface area contributed by atoms with Crippen molar-refractivity contribution in [2.45, 2.75) is 50.3 Å². The van der Waals surface area contributed by atoms with Crippen LogP contribution in [-0.2, 0) is 9.53 Å². The number of rotatable bonds is 10. The first-order valence-electron chi connectivity index (χ1n) is 9.32. The average Bonchev–Trinajstić information content (AvgIpc) is 2.63. The standard InChI is InChI=1S/C21H25F2NO3S/c1-4-26-20(25)10-5-6-11-27-21-16(22)12-15(13-17(21)23)18-8-7-9-19(24-18)28-14(2)3/h7-9,12-14H,4-6,10-11H2,1-3H3. The molecule has 0 aliphatic heterocycles. The molecule has 0 saturated carbocycles. The van der Waals surface area contributed by atoms with Crippen molar-refractivity contribution in [2.75, 3.05) is 13.2 Å². The van der Waals surface area contributed by atoms with Crippen LogP contribution in [0.1, 0.15) is 40.0 Å². The van der Waals surface area contributed by atoms with Crippen molar-refractivity contribution in [3.8, 4) is 17.0 Å². The third-order valence-electron chi connectivity index (χ3n) is 3.70. The number of esters is 1. The van der Waals surface area contributed by atoms with Gasteiger partial charge in [0.2, 0.25) is 0 Å². The van der Waals surface area contributed by atoms with E-state index < -0.39 is 17.4 Å². The molecule has 152 valence electrons. The molecule has 1 heterocycles. The second-order valence-electron chi connectivity index (χ2n) is 6.41. The largest absolute Gasteiger partial charge is 0.488 e. The smallest absolute Gasteiger partial charge is 0.305 e. The minimum atomic E-state index is -0.774. The van der Waals surface area contributed by atoms with Gasteiger partial charge in [-0.25, -0.2) is 13.8 Å². The molecular formula is C21H25F2NO3S. The third kappa shape index (κ3) is 6.78. The Bertz CT molecular complexity index is 776. The summed E-state index contributed by atoms with van der Waals surface area (Å²) in [6.07, 6.45) is 1.29. The molecule has 0 amide bonds. The van der Waals surface area contributed by atoms with E-state index in [0.717, 1.165) is 5.03 Å². The molecule has 0 unspecified atom stereocenters. The van der Waals surface area contributed by atoms with E-state index >= 15 is 0 Å². The Balaban J connectivity index is 2.00. The first kappa shape index (κ1) is 22.1. The van der Waals surface area contributed by atoms with Crippen LogP contribution < -0.4 is 4.74 Å². The summed E-state index contributed by atoms with van der Waals surface area (Å²) in [5.74, 6) is -2.24. The molecule has 0 spiro atoms. The van der Waals surface area contributed by atoms with Gasteiger partial charge in [0, 0.05) is 17.2 Å². The van der Waals surface area contributed by atoms with Gasteiger partial charge < -0.3 is 9.47 Å². The van der Waals surface area contributed by atoms with Crippen molar-refractivity contribution in [1.82, 2.24) is 4.98 Å². The van der Waals surface area contributed by atoms with Crippen LogP contribution >= 0.6 is 11.8 Å². The number of carbonyl (C=O) groups is 1. The normalized spacial score (nSPS) is 10.9. The summed E-state index contributed by atoms with van der Waals surface area (Å²) in [5.41, 5.74) is 0.861. The van der Waals surface area contributed by atoms with Gasteiger partial charge in [-0.05, 0) is 44.0 Å². The maximum absolute atomic E-state index is 14.4. The molecule has 1 aromatic heterocycles. The van der Waals surface area contributed by atoms with E-state index in [2.05, 4.69) is 18.8 Å². The van der Waals surface area contributed by atoms with Crippen molar-refractivity contribution in [1.29, 1.82) is 0 Å². The maximum Gasteiger partial charge on any atom is 0.305 e. The number of halogens is 2. The summed E-state index contributed by atoms with van der Waals surface area (Å²) in [6, 6.07) is 7.85. The Kier molecular flexibility index (Phi) is 8.70. The summed E-state index contributed by atoms with van der Waals surface area (Å²) in [6.45, 7) is 6.30. The van der Waals surface area contributed by atoms with Gasteiger partial charge in [-0.3, -0.25) is 4.79 Å². The summed E-state index contributed by atoms with van der Waals surface area (Å²) >= 11 is 1.58. The van der Waals surface area contributed by atoms with Gasteiger partial charge in [-0.2, -0.15) is 0 Å². The fourth-order valence-electron chi connectivity index (χ4n) is 2.51. The summed E-state index contributed by atoms with van der Waals surface area (Å²) in [4.78, 5) is 15.7. The Hall–Kier alpha value is -2.15. The lowest BCUT2D eigenvalue weighted by Crippen LogP contribution is -2.06. The Labute approximate surface area is 168 Å². The molecule has 0 aliphatic rings. The number of ether oxygens (including phenoxy) is 2. The fraction of sp³-hybridized carbons (Fsp3) is 0.429. The maximum atomic E-state index is 14.4. The van der Waals surface area contributed by atoms with E-state index in [1.54, 1.807) is 24.8 Å². The molecular weight excluding hydrogens is 384 g/mol. The van der Waals surface area contributed by atoms with E-state index in [-0.39, 0.29) is 19.0 Å². The number of thioether (sulfide) groups is 1. The first-order valence-corrected chi connectivity index (χ1v) is 10.2. The van der Waals surface area contributed by atoms with E-state index in [1.807, 2.05) is 12.1 Å². The second kappa shape index (κ2) is 11.0. The van der Waals surface area contributed by atoms with Crippen molar-refractivity contribution >= 4 is 17.7 Å². The molecule has 0 aliphatic carbocycles. The Morgan fingerprint density at radius 1 is 1.18 bits per heavy atom. The van der Waals surface area contributed by atoms with E-state index in [4.69, 9.17) is 9.47 Å². The fourth-order valence-corrected chi connectivity index (χ4v) is 3.30. The van der Waals surface area contributed by atoms with Crippen molar-refractivity contribution in [2.24, 2.45) is 0 Å². The minimum Gasteiger partial charge on any atom is -0.488 e. The molecule has 7 heteroatoms. The molecule has 4 nitrogen and oxygen atoms in total. The minimum absolute atomic E-state index is 0.116. The average molecular weight is 409 g/mol. The summed E-state index contributed by atoms with van der Waals surface area (Å²) in [5, 5.41) is 1.16. The monoisotopic (exact) mass is 409 g/mol. The highest BCUT2D eigenvalue weighted by atomic mass is 32.2. The Morgan fingerprint density at radius 3 is 2.54 bits per heavy atom. The quantitative estimate of drug-likeness (QED) is 0.289. The van der Waals surface area contributed by atoms with Gasteiger partial charge in [-0.1, -0.05) is 19.9 Å². The molecule has 0 bridgehead atoms. The van der Waals surface area contributed by atoms with Crippen molar-refractivity contribution < 1.29 is 23.0 Å². The number of carbonyl (C=O) groups excluding carboxylic acids is 1. The number of benzene rings is 1. The molecule has 0 fully saturated rings. The lowest BCUT2D eigenvalue weighted by atomic mass is 10.1. The topological polar surface area (TPSA) is 48.4 Å². The van der Waals surface area contributed by atoms with E-state index in [0.29, 0.717) is 36.0 Å². The summed E-state index contributed by atoms with van der Waals surface area (Å²) in [7, 11) is 0. The van der Waals surface area contributed by atoms with E-state index in [1.165, 1.54) is 12.1 Å². The molecule has 2 aromatic rings. The van der Waals surface area contributed by atoms with Crippen LogP contribution in [0, 0.1) is 11.6 Å². The van der Waals surface area contributed by atoms with Gasteiger partial charge in [0.25, 0.3) is 0 Å². The molecule has 28 heavy (non-hydrogen) atoms. The molecule has 1 aromatic carbocycles. The van der Waals surface area contributed by atoms with Gasteiger partial charge in [0.05, 0.1) is 23.9 Å². The zero-order chi connectivity index (χ0) is 20.5.